The number of likely N-dealkylation sites (N-methyl/N-ethyl adjacent to an activating group) is 1. The predicted octanol–water partition coefficient (Wildman–Crippen LogP) is 2.62. The molecule has 2 nitrogen and oxygen atoms in total. The van der Waals surface area contributed by atoms with Crippen molar-refractivity contribution >= 4 is 0 Å². The van der Waals surface area contributed by atoms with E-state index in [4.69, 9.17) is 5.73 Å². The van der Waals surface area contributed by atoms with Crippen molar-refractivity contribution in [3.05, 3.63) is 0 Å². The Morgan fingerprint density at radius 2 is 2.07 bits per heavy atom. The summed E-state index contributed by atoms with van der Waals surface area (Å²) in [6.45, 7) is 6.83. The lowest BCUT2D eigenvalue weighted by atomic mass is 9.85. The molecule has 1 saturated carbocycles. The van der Waals surface area contributed by atoms with Gasteiger partial charge in [0.1, 0.15) is 0 Å². The van der Waals surface area contributed by atoms with Crippen LogP contribution in [-0.2, 0) is 0 Å². The maximum Gasteiger partial charge on any atom is 0.0218 e. The molecule has 0 spiro atoms. The van der Waals surface area contributed by atoms with Crippen LogP contribution in [0.5, 0.6) is 0 Å². The summed E-state index contributed by atoms with van der Waals surface area (Å²) in [5, 5.41) is 0. The molecule has 1 fully saturated rings. The molecule has 2 N–H and O–H groups in total. The van der Waals surface area contributed by atoms with E-state index in [9.17, 15) is 0 Å². The van der Waals surface area contributed by atoms with Gasteiger partial charge in [-0.3, -0.25) is 4.90 Å². The second-order valence-corrected chi connectivity index (χ2v) is 5.40. The van der Waals surface area contributed by atoms with Crippen LogP contribution in [-0.4, -0.2) is 30.1 Å². The van der Waals surface area contributed by atoms with Crippen LogP contribution < -0.4 is 5.73 Å². The van der Waals surface area contributed by atoms with Gasteiger partial charge >= 0.3 is 0 Å². The third-order valence-corrected chi connectivity index (χ3v) is 4.22. The first-order chi connectivity index (χ1) is 7.06. The Labute approximate surface area is 95.2 Å². The maximum absolute atomic E-state index is 6.12. The van der Waals surface area contributed by atoms with Gasteiger partial charge in [-0.2, -0.15) is 0 Å². The topological polar surface area (TPSA) is 29.3 Å². The molecular weight excluding hydrogens is 184 g/mol. The molecule has 0 amide bonds. The van der Waals surface area contributed by atoms with Crippen molar-refractivity contribution in [2.45, 2.75) is 71.0 Å². The van der Waals surface area contributed by atoms with Gasteiger partial charge in [0, 0.05) is 18.1 Å². The van der Waals surface area contributed by atoms with Gasteiger partial charge in [-0.1, -0.05) is 26.7 Å². The van der Waals surface area contributed by atoms with Crippen molar-refractivity contribution in [1.82, 2.24) is 4.90 Å². The Balaban J connectivity index is 2.47. The Kier molecular flexibility index (Phi) is 5.07. The van der Waals surface area contributed by atoms with Crippen LogP contribution in [0.1, 0.15) is 52.9 Å². The Morgan fingerprint density at radius 3 is 2.60 bits per heavy atom. The quantitative estimate of drug-likeness (QED) is 0.776. The fraction of sp³-hybridized carbons (Fsp3) is 1.00. The molecule has 2 heteroatoms. The first-order valence-corrected chi connectivity index (χ1v) is 6.53. The van der Waals surface area contributed by atoms with Crippen LogP contribution >= 0.6 is 0 Å². The van der Waals surface area contributed by atoms with Crippen molar-refractivity contribution < 1.29 is 0 Å². The second kappa shape index (κ2) is 5.86. The van der Waals surface area contributed by atoms with Crippen molar-refractivity contribution in [2.24, 2.45) is 11.7 Å². The number of rotatable bonds is 4. The minimum atomic E-state index is 0.326. The predicted molar refractivity (Wildman–Crippen MR) is 66.9 cm³/mol. The zero-order valence-electron chi connectivity index (χ0n) is 10.9. The Bertz CT molecular complexity index is 181. The molecule has 1 aliphatic carbocycles. The van der Waals surface area contributed by atoms with Crippen LogP contribution in [0.2, 0.25) is 0 Å². The highest BCUT2D eigenvalue weighted by Crippen LogP contribution is 2.28. The van der Waals surface area contributed by atoms with Crippen molar-refractivity contribution in [3.8, 4) is 0 Å². The third kappa shape index (κ3) is 3.46. The normalized spacial score (nSPS) is 31.6. The maximum atomic E-state index is 6.12. The molecule has 1 rings (SSSR count). The molecule has 0 aromatic carbocycles. The van der Waals surface area contributed by atoms with Gasteiger partial charge in [-0.15, -0.1) is 0 Å². The molecule has 15 heavy (non-hydrogen) atoms. The van der Waals surface area contributed by atoms with Crippen molar-refractivity contribution in [2.75, 3.05) is 7.05 Å². The van der Waals surface area contributed by atoms with Gasteiger partial charge in [0.05, 0.1) is 0 Å². The summed E-state index contributed by atoms with van der Waals surface area (Å²) in [6.07, 6.45) is 6.61. The first-order valence-electron chi connectivity index (χ1n) is 6.53. The smallest absolute Gasteiger partial charge is 0.0218 e. The average Bonchev–Trinajstić information content (AvgIpc) is 2.26. The van der Waals surface area contributed by atoms with Gasteiger partial charge in [0.15, 0.2) is 0 Å². The summed E-state index contributed by atoms with van der Waals surface area (Å²) in [5.41, 5.74) is 6.12. The van der Waals surface area contributed by atoms with Crippen LogP contribution in [0.4, 0.5) is 0 Å². The molecule has 0 bridgehead atoms. The highest BCUT2D eigenvalue weighted by molar-refractivity contribution is 4.83. The van der Waals surface area contributed by atoms with Crippen molar-refractivity contribution in [3.63, 3.8) is 0 Å². The van der Waals surface area contributed by atoms with Crippen LogP contribution in [0.3, 0.4) is 0 Å². The van der Waals surface area contributed by atoms with Crippen LogP contribution in [0.25, 0.3) is 0 Å². The molecule has 0 radical (unpaired) electrons. The minimum Gasteiger partial charge on any atom is -0.326 e. The van der Waals surface area contributed by atoms with Gasteiger partial charge in [0.2, 0.25) is 0 Å². The Hall–Kier alpha value is -0.0800. The second-order valence-electron chi connectivity index (χ2n) is 5.40. The molecule has 0 heterocycles. The average molecular weight is 212 g/mol. The standard InChI is InChI=1S/C13H28N2/c1-5-13(14)11(3)15(4)12-8-6-7-10(2)9-12/h10-13H,5-9,14H2,1-4H3. The number of nitrogens with two attached hydrogens (primary N) is 1. The molecule has 4 atom stereocenters. The zero-order chi connectivity index (χ0) is 11.4. The lowest BCUT2D eigenvalue weighted by Gasteiger charge is -2.39. The number of hydrogen-bond donors (Lipinski definition) is 1. The van der Waals surface area contributed by atoms with E-state index in [0.29, 0.717) is 12.1 Å². The van der Waals surface area contributed by atoms with Gasteiger partial charge in [-0.05, 0) is 39.2 Å². The minimum absolute atomic E-state index is 0.326. The van der Waals surface area contributed by atoms with E-state index < -0.39 is 0 Å². The molecule has 1 aliphatic rings. The fourth-order valence-corrected chi connectivity index (χ4v) is 2.75. The molecule has 0 saturated heterocycles. The SMILES string of the molecule is CCC(N)C(C)N(C)C1CCCC(C)C1. The van der Waals surface area contributed by atoms with E-state index in [2.05, 4.69) is 32.7 Å². The van der Waals surface area contributed by atoms with E-state index in [1.165, 1.54) is 25.7 Å². The lowest BCUT2D eigenvalue weighted by Crippen LogP contribution is -2.49. The summed E-state index contributed by atoms with van der Waals surface area (Å²) in [7, 11) is 2.25. The summed E-state index contributed by atoms with van der Waals surface area (Å²) < 4.78 is 0. The molecule has 90 valence electrons. The zero-order valence-corrected chi connectivity index (χ0v) is 10.9. The largest absolute Gasteiger partial charge is 0.326 e. The number of hydrogen-bond acceptors (Lipinski definition) is 2. The van der Waals surface area contributed by atoms with E-state index >= 15 is 0 Å². The summed E-state index contributed by atoms with van der Waals surface area (Å²) in [4.78, 5) is 2.52. The van der Waals surface area contributed by atoms with Gasteiger partial charge in [0.25, 0.3) is 0 Å². The van der Waals surface area contributed by atoms with Gasteiger partial charge < -0.3 is 5.73 Å². The fourth-order valence-electron chi connectivity index (χ4n) is 2.75. The highest BCUT2D eigenvalue weighted by Gasteiger charge is 2.27. The first kappa shape index (κ1) is 13.0. The van der Waals surface area contributed by atoms with Crippen molar-refractivity contribution in [1.29, 1.82) is 0 Å². The summed E-state index contributed by atoms with van der Waals surface area (Å²) >= 11 is 0. The van der Waals surface area contributed by atoms with Crippen LogP contribution in [0.15, 0.2) is 0 Å². The van der Waals surface area contributed by atoms with E-state index in [-0.39, 0.29) is 0 Å². The molecule has 4 unspecified atom stereocenters. The molecular formula is C13H28N2. The van der Waals surface area contributed by atoms with E-state index in [1.54, 1.807) is 0 Å². The number of nitrogens with zero attached hydrogens (tertiary/aromatic N) is 1. The van der Waals surface area contributed by atoms with E-state index in [1.807, 2.05) is 0 Å². The summed E-state index contributed by atoms with van der Waals surface area (Å²) in [6, 6.07) is 1.61. The molecule has 0 aliphatic heterocycles. The highest BCUT2D eigenvalue weighted by atomic mass is 15.2. The monoisotopic (exact) mass is 212 g/mol. The third-order valence-electron chi connectivity index (χ3n) is 4.22. The summed E-state index contributed by atoms with van der Waals surface area (Å²) in [5.74, 6) is 0.899. The van der Waals surface area contributed by atoms with E-state index in [0.717, 1.165) is 18.4 Å². The van der Waals surface area contributed by atoms with Gasteiger partial charge in [-0.25, -0.2) is 0 Å². The molecule has 0 aromatic rings. The lowest BCUT2D eigenvalue weighted by molar-refractivity contribution is 0.111. The molecule has 0 aromatic heterocycles. The Morgan fingerprint density at radius 1 is 1.40 bits per heavy atom. The van der Waals surface area contributed by atoms with Crippen LogP contribution in [0, 0.1) is 5.92 Å².